The molecule has 7 nitrogen and oxygen atoms in total. The molecule has 0 aliphatic heterocycles. The minimum atomic E-state index is -0.454. The Morgan fingerprint density at radius 1 is 1.61 bits per heavy atom. The maximum atomic E-state index is 10.8. The third-order valence-corrected chi connectivity index (χ3v) is 2.46. The summed E-state index contributed by atoms with van der Waals surface area (Å²) >= 11 is 0. The third kappa shape index (κ3) is 3.31. The minimum absolute atomic E-state index is 0.0141. The molecule has 0 aliphatic carbocycles. The van der Waals surface area contributed by atoms with Crippen molar-refractivity contribution in [2.75, 3.05) is 30.4 Å². The minimum Gasteiger partial charge on any atom is -0.373 e. The fourth-order valence-electron chi connectivity index (χ4n) is 1.52. The number of nitrogens with zero attached hydrogens (tertiary/aromatic N) is 4. The summed E-state index contributed by atoms with van der Waals surface area (Å²) in [5.41, 5.74) is -0.0141. The van der Waals surface area contributed by atoms with Crippen LogP contribution in [0.15, 0.2) is 12.1 Å². The molecule has 0 bridgehead atoms. The van der Waals surface area contributed by atoms with Crippen molar-refractivity contribution in [2.24, 2.45) is 0 Å². The van der Waals surface area contributed by atoms with Crippen LogP contribution >= 0.6 is 0 Å². The number of anilines is 2. The Balaban J connectivity index is 3.09. The molecule has 0 fully saturated rings. The molecule has 1 aromatic heterocycles. The van der Waals surface area contributed by atoms with Crippen LogP contribution in [0.25, 0.3) is 0 Å². The van der Waals surface area contributed by atoms with E-state index < -0.39 is 4.92 Å². The number of pyridine rings is 1. The van der Waals surface area contributed by atoms with Gasteiger partial charge in [0.25, 0.3) is 5.69 Å². The van der Waals surface area contributed by atoms with Crippen molar-refractivity contribution in [1.82, 2.24) is 4.98 Å². The van der Waals surface area contributed by atoms with Crippen LogP contribution < -0.4 is 10.2 Å². The van der Waals surface area contributed by atoms with E-state index in [9.17, 15) is 10.1 Å². The molecule has 0 spiro atoms. The van der Waals surface area contributed by atoms with E-state index in [2.05, 4.69) is 10.3 Å². The maximum Gasteiger partial charge on any atom is 0.276 e. The molecule has 0 aromatic carbocycles. The molecular formula is C11H15N5O2. The number of hydrogen-bond acceptors (Lipinski definition) is 6. The molecule has 1 N–H and O–H groups in total. The zero-order valence-electron chi connectivity index (χ0n) is 10.4. The van der Waals surface area contributed by atoms with Gasteiger partial charge in [0, 0.05) is 20.1 Å². The van der Waals surface area contributed by atoms with Gasteiger partial charge in [-0.3, -0.25) is 10.1 Å². The van der Waals surface area contributed by atoms with E-state index in [1.807, 2.05) is 17.9 Å². The lowest BCUT2D eigenvalue weighted by Crippen LogP contribution is -2.25. The molecule has 0 saturated carbocycles. The van der Waals surface area contributed by atoms with Crippen molar-refractivity contribution in [2.45, 2.75) is 13.3 Å². The molecule has 0 saturated heterocycles. The van der Waals surface area contributed by atoms with E-state index in [-0.39, 0.29) is 5.69 Å². The first-order chi connectivity index (χ1) is 8.62. The summed E-state index contributed by atoms with van der Waals surface area (Å²) in [5, 5.41) is 22.2. The largest absolute Gasteiger partial charge is 0.373 e. The molecule has 0 atom stereocenters. The van der Waals surface area contributed by atoms with Gasteiger partial charge in [0.1, 0.15) is 11.6 Å². The lowest BCUT2D eigenvalue weighted by Gasteiger charge is -2.20. The predicted molar refractivity (Wildman–Crippen MR) is 68.6 cm³/mol. The highest BCUT2D eigenvalue weighted by molar-refractivity contribution is 5.55. The van der Waals surface area contributed by atoms with Crippen LogP contribution in [0.3, 0.4) is 0 Å². The molecule has 0 amide bonds. The van der Waals surface area contributed by atoms with E-state index in [1.54, 1.807) is 7.05 Å². The second kappa shape index (κ2) is 6.39. The number of nitrogens with one attached hydrogen (secondary N) is 1. The first-order valence-corrected chi connectivity index (χ1v) is 5.58. The van der Waals surface area contributed by atoms with Crippen LogP contribution in [0.1, 0.15) is 13.3 Å². The number of nitriles is 1. The van der Waals surface area contributed by atoms with Gasteiger partial charge in [0.05, 0.1) is 29.5 Å². The van der Waals surface area contributed by atoms with Gasteiger partial charge in [-0.15, -0.1) is 0 Å². The Labute approximate surface area is 105 Å². The maximum absolute atomic E-state index is 10.8. The smallest absolute Gasteiger partial charge is 0.276 e. The second-order valence-corrected chi connectivity index (χ2v) is 3.56. The molecule has 1 heterocycles. The fourth-order valence-corrected chi connectivity index (χ4v) is 1.52. The van der Waals surface area contributed by atoms with Crippen molar-refractivity contribution < 1.29 is 4.92 Å². The summed E-state index contributed by atoms with van der Waals surface area (Å²) in [4.78, 5) is 16.5. The van der Waals surface area contributed by atoms with E-state index in [0.29, 0.717) is 31.1 Å². The molecular weight excluding hydrogens is 234 g/mol. The molecule has 96 valence electrons. The molecule has 0 radical (unpaired) electrons. The highest BCUT2D eigenvalue weighted by Crippen LogP contribution is 2.23. The summed E-state index contributed by atoms with van der Waals surface area (Å²) < 4.78 is 0. The van der Waals surface area contributed by atoms with Crippen LogP contribution in [0.4, 0.5) is 17.3 Å². The van der Waals surface area contributed by atoms with Gasteiger partial charge in [-0.25, -0.2) is 4.98 Å². The van der Waals surface area contributed by atoms with Crippen molar-refractivity contribution in [3.8, 4) is 6.07 Å². The summed E-state index contributed by atoms with van der Waals surface area (Å²) in [5.74, 6) is 0.945. The lowest BCUT2D eigenvalue weighted by molar-refractivity contribution is -0.384. The molecule has 0 unspecified atom stereocenters. The van der Waals surface area contributed by atoms with E-state index in [1.165, 1.54) is 12.1 Å². The highest BCUT2D eigenvalue weighted by atomic mass is 16.6. The Bertz CT molecular complexity index is 469. The van der Waals surface area contributed by atoms with Crippen LogP contribution in [-0.4, -0.2) is 30.0 Å². The normalized spacial score (nSPS) is 9.61. The van der Waals surface area contributed by atoms with Gasteiger partial charge in [-0.2, -0.15) is 5.26 Å². The van der Waals surface area contributed by atoms with Gasteiger partial charge in [-0.1, -0.05) is 0 Å². The van der Waals surface area contributed by atoms with Crippen LogP contribution in [0.2, 0.25) is 0 Å². The zero-order chi connectivity index (χ0) is 13.5. The predicted octanol–water partition coefficient (Wildman–Crippen LogP) is 1.77. The Morgan fingerprint density at radius 2 is 2.33 bits per heavy atom. The van der Waals surface area contributed by atoms with E-state index >= 15 is 0 Å². The van der Waals surface area contributed by atoms with Crippen LogP contribution in [0.5, 0.6) is 0 Å². The van der Waals surface area contributed by atoms with Crippen LogP contribution in [-0.2, 0) is 0 Å². The topological polar surface area (TPSA) is 95.1 Å². The Kier molecular flexibility index (Phi) is 4.87. The number of rotatable bonds is 6. The first kappa shape index (κ1) is 13.7. The number of hydrogen-bond donors (Lipinski definition) is 1. The van der Waals surface area contributed by atoms with Crippen molar-refractivity contribution in [3.05, 3.63) is 22.2 Å². The summed E-state index contributed by atoms with van der Waals surface area (Å²) in [6, 6.07) is 4.84. The SMILES string of the molecule is CCN(CCC#N)c1cc([N+](=O)[O-])cc(NC)n1. The molecule has 7 heteroatoms. The van der Waals surface area contributed by atoms with Gasteiger partial charge in [0.2, 0.25) is 0 Å². The summed E-state index contributed by atoms with van der Waals surface area (Å²) in [6.07, 6.45) is 0.354. The van der Waals surface area contributed by atoms with E-state index in [4.69, 9.17) is 5.26 Å². The molecule has 1 aromatic rings. The van der Waals surface area contributed by atoms with Gasteiger partial charge in [0.15, 0.2) is 0 Å². The first-order valence-electron chi connectivity index (χ1n) is 5.58. The van der Waals surface area contributed by atoms with Crippen molar-refractivity contribution in [3.63, 3.8) is 0 Å². The summed E-state index contributed by atoms with van der Waals surface area (Å²) in [7, 11) is 1.65. The number of nitro groups is 1. The number of aromatic nitrogens is 1. The Hall–Kier alpha value is -2.36. The van der Waals surface area contributed by atoms with Crippen molar-refractivity contribution >= 4 is 17.3 Å². The molecule has 0 aliphatic rings. The average Bonchev–Trinajstić information content (AvgIpc) is 2.39. The standard InChI is InChI=1S/C11H15N5O2/c1-3-15(6-4-5-12)11-8-9(16(17)18)7-10(13-2)14-11/h7-8H,3-4,6H2,1-2H3,(H,13,14). The highest BCUT2D eigenvalue weighted by Gasteiger charge is 2.14. The monoisotopic (exact) mass is 249 g/mol. The van der Waals surface area contributed by atoms with Gasteiger partial charge >= 0.3 is 0 Å². The second-order valence-electron chi connectivity index (χ2n) is 3.56. The molecule has 1 rings (SSSR count). The van der Waals surface area contributed by atoms with E-state index in [0.717, 1.165) is 0 Å². The van der Waals surface area contributed by atoms with Crippen molar-refractivity contribution in [1.29, 1.82) is 5.26 Å². The summed E-state index contributed by atoms with van der Waals surface area (Å²) in [6.45, 7) is 3.06. The third-order valence-electron chi connectivity index (χ3n) is 2.46. The molecule has 18 heavy (non-hydrogen) atoms. The fraction of sp³-hybridized carbons (Fsp3) is 0.455. The van der Waals surface area contributed by atoms with Gasteiger partial charge in [-0.05, 0) is 6.92 Å². The lowest BCUT2D eigenvalue weighted by atomic mass is 10.3. The van der Waals surface area contributed by atoms with Gasteiger partial charge < -0.3 is 10.2 Å². The Morgan fingerprint density at radius 3 is 2.83 bits per heavy atom. The average molecular weight is 249 g/mol. The van der Waals surface area contributed by atoms with Crippen LogP contribution in [0, 0.1) is 21.4 Å². The zero-order valence-corrected chi connectivity index (χ0v) is 10.4. The quantitative estimate of drug-likeness (QED) is 0.609.